The van der Waals surface area contributed by atoms with E-state index in [0.29, 0.717) is 23.7 Å². The smallest absolute Gasteiger partial charge is 0.263 e. The van der Waals surface area contributed by atoms with Crippen molar-refractivity contribution in [1.29, 1.82) is 0 Å². The number of aromatic nitrogens is 2. The van der Waals surface area contributed by atoms with Gasteiger partial charge in [0, 0.05) is 0 Å². The predicted octanol–water partition coefficient (Wildman–Crippen LogP) is 2.80. The quantitative estimate of drug-likeness (QED) is 0.655. The molecule has 0 atom stereocenters. The molecule has 3 aromatic rings. The zero-order valence-electron chi connectivity index (χ0n) is 14.3. The lowest BCUT2D eigenvalue weighted by molar-refractivity contribution is 0.414. The molecule has 0 fully saturated rings. The first-order valence-corrected chi connectivity index (χ1v) is 9.24. The number of aryl methyl sites for hydroxylation is 1. The van der Waals surface area contributed by atoms with Crippen LogP contribution in [0.15, 0.2) is 58.0 Å². The summed E-state index contributed by atoms with van der Waals surface area (Å²) in [6.45, 7) is 2.15. The lowest BCUT2D eigenvalue weighted by Gasteiger charge is -2.11. The molecule has 2 aromatic heterocycles. The first kappa shape index (κ1) is 17.7. The largest absolute Gasteiger partial charge is 0.497 e. The highest BCUT2D eigenvalue weighted by atomic mass is 32.2. The van der Waals surface area contributed by atoms with Gasteiger partial charge in [0.05, 0.1) is 24.8 Å². The molecule has 2 N–H and O–H groups in total. The highest BCUT2D eigenvalue weighted by molar-refractivity contribution is 7.92. The summed E-state index contributed by atoms with van der Waals surface area (Å²) in [4.78, 5) is 0.153. The van der Waals surface area contributed by atoms with Gasteiger partial charge in [0.2, 0.25) is 0 Å². The summed E-state index contributed by atoms with van der Waals surface area (Å²) >= 11 is 0. The predicted molar refractivity (Wildman–Crippen MR) is 96.6 cm³/mol. The van der Waals surface area contributed by atoms with Gasteiger partial charge in [-0.2, -0.15) is 0 Å². The van der Waals surface area contributed by atoms with Gasteiger partial charge in [-0.3, -0.25) is 4.72 Å². The van der Waals surface area contributed by atoms with E-state index >= 15 is 0 Å². The number of methoxy groups -OCH3 is 1. The fraction of sp³-hybridized carbons (Fsp3) is 0.176. The SMILES string of the molecule is COc1ccc(S(=O)(=O)Nc2ccc(NCc3ccco3)nn2)c(C)c1. The molecule has 0 saturated carbocycles. The van der Waals surface area contributed by atoms with Gasteiger partial charge in [0.25, 0.3) is 10.0 Å². The molecule has 3 rings (SSSR count). The third kappa shape index (κ3) is 4.12. The molecule has 1 aromatic carbocycles. The highest BCUT2D eigenvalue weighted by Gasteiger charge is 2.18. The fourth-order valence-electron chi connectivity index (χ4n) is 2.31. The van der Waals surface area contributed by atoms with Gasteiger partial charge in [0.1, 0.15) is 17.3 Å². The van der Waals surface area contributed by atoms with Crippen LogP contribution in [0.25, 0.3) is 0 Å². The molecule has 9 heteroatoms. The molecule has 26 heavy (non-hydrogen) atoms. The van der Waals surface area contributed by atoms with E-state index in [9.17, 15) is 8.42 Å². The standard InChI is InChI=1S/C17H18N4O4S/c1-12-10-13(24-2)5-6-15(12)26(22,23)21-17-8-7-16(19-20-17)18-11-14-4-3-9-25-14/h3-10H,11H2,1-2H3,(H,18,19)(H,20,21). The van der Waals surface area contributed by atoms with Gasteiger partial charge >= 0.3 is 0 Å². The Morgan fingerprint density at radius 1 is 1.12 bits per heavy atom. The maximum absolute atomic E-state index is 12.5. The van der Waals surface area contributed by atoms with Gasteiger partial charge in [-0.25, -0.2) is 8.42 Å². The molecule has 0 saturated heterocycles. The molecule has 0 amide bonds. The van der Waals surface area contributed by atoms with Crippen LogP contribution >= 0.6 is 0 Å². The Bertz CT molecular complexity index is 971. The van der Waals surface area contributed by atoms with Crippen molar-refractivity contribution in [2.45, 2.75) is 18.4 Å². The second-order valence-corrected chi connectivity index (χ2v) is 7.12. The monoisotopic (exact) mass is 374 g/mol. The van der Waals surface area contributed by atoms with Crippen LogP contribution in [-0.4, -0.2) is 25.7 Å². The van der Waals surface area contributed by atoms with Crippen LogP contribution in [0.1, 0.15) is 11.3 Å². The highest BCUT2D eigenvalue weighted by Crippen LogP contribution is 2.22. The maximum Gasteiger partial charge on any atom is 0.263 e. The molecule has 0 aliphatic heterocycles. The normalized spacial score (nSPS) is 11.2. The molecular weight excluding hydrogens is 356 g/mol. The zero-order chi connectivity index (χ0) is 18.6. The van der Waals surface area contributed by atoms with E-state index in [2.05, 4.69) is 20.2 Å². The fourth-order valence-corrected chi connectivity index (χ4v) is 3.54. The number of nitrogens with zero attached hydrogens (tertiary/aromatic N) is 2. The molecule has 0 unspecified atom stereocenters. The average Bonchev–Trinajstić information content (AvgIpc) is 3.14. The van der Waals surface area contributed by atoms with Crippen molar-refractivity contribution in [3.63, 3.8) is 0 Å². The summed E-state index contributed by atoms with van der Waals surface area (Å²) in [6.07, 6.45) is 1.59. The van der Waals surface area contributed by atoms with Crippen molar-refractivity contribution in [3.8, 4) is 5.75 Å². The lowest BCUT2D eigenvalue weighted by Crippen LogP contribution is -2.15. The average molecular weight is 374 g/mol. The second-order valence-electron chi connectivity index (χ2n) is 5.47. The molecule has 0 aliphatic carbocycles. The number of sulfonamides is 1. The lowest BCUT2D eigenvalue weighted by atomic mass is 10.2. The van der Waals surface area contributed by atoms with Crippen molar-refractivity contribution in [2.75, 3.05) is 17.1 Å². The molecule has 2 heterocycles. The van der Waals surface area contributed by atoms with Gasteiger partial charge in [-0.1, -0.05) is 0 Å². The van der Waals surface area contributed by atoms with Crippen LogP contribution < -0.4 is 14.8 Å². The van der Waals surface area contributed by atoms with E-state index in [-0.39, 0.29) is 10.7 Å². The zero-order valence-corrected chi connectivity index (χ0v) is 15.1. The van der Waals surface area contributed by atoms with E-state index < -0.39 is 10.0 Å². The minimum atomic E-state index is -3.77. The van der Waals surface area contributed by atoms with Crippen molar-refractivity contribution in [2.24, 2.45) is 0 Å². The number of rotatable bonds is 7. The summed E-state index contributed by atoms with van der Waals surface area (Å²) in [5.41, 5.74) is 0.571. The minimum Gasteiger partial charge on any atom is -0.497 e. The number of nitrogens with one attached hydrogen (secondary N) is 2. The number of benzene rings is 1. The van der Waals surface area contributed by atoms with Crippen molar-refractivity contribution < 1.29 is 17.6 Å². The molecule has 0 spiro atoms. The number of ether oxygens (including phenoxy) is 1. The van der Waals surface area contributed by atoms with Crippen LogP contribution in [0.2, 0.25) is 0 Å². The summed E-state index contributed by atoms with van der Waals surface area (Å²) in [5.74, 6) is 1.98. The third-order valence-corrected chi connectivity index (χ3v) is 5.11. The topological polar surface area (TPSA) is 106 Å². The van der Waals surface area contributed by atoms with Gasteiger partial charge in [0.15, 0.2) is 5.82 Å². The van der Waals surface area contributed by atoms with Gasteiger partial charge < -0.3 is 14.5 Å². The maximum atomic E-state index is 12.5. The van der Waals surface area contributed by atoms with Crippen LogP contribution in [0, 0.1) is 6.92 Å². The molecule has 136 valence electrons. The molecule has 0 bridgehead atoms. The van der Waals surface area contributed by atoms with E-state index in [1.54, 1.807) is 37.5 Å². The second kappa shape index (κ2) is 7.44. The van der Waals surface area contributed by atoms with Crippen LogP contribution in [-0.2, 0) is 16.6 Å². The molecule has 0 radical (unpaired) electrons. The van der Waals surface area contributed by atoms with Crippen LogP contribution in [0.5, 0.6) is 5.75 Å². The summed E-state index contributed by atoms with van der Waals surface area (Å²) in [7, 11) is -2.25. The first-order valence-electron chi connectivity index (χ1n) is 7.75. The third-order valence-electron chi connectivity index (χ3n) is 3.60. The van der Waals surface area contributed by atoms with Crippen LogP contribution in [0.4, 0.5) is 11.6 Å². The van der Waals surface area contributed by atoms with Crippen LogP contribution in [0.3, 0.4) is 0 Å². The molecule has 8 nitrogen and oxygen atoms in total. The number of hydrogen-bond acceptors (Lipinski definition) is 7. The Hall–Kier alpha value is -3.07. The number of hydrogen-bond donors (Lipinski definition) is 2. The Kier molecular flexibility index (Phi) is 5.08. The van der Waals surface area contributed by atoms with Gasteiger partial charge in [-0.15, -0.1) is 10.2 Å². The molecule has 0 aliphatic rings. The summed E-state index contributed by atoms with van der Waals surface area (Å²) in [5, 5.41) is 10.9. The molecular formula is C17H18N4O4S. The van der Waals surface area contributed by atoms with E-state index in [4.69, 9.17) is 9.15 Å². The van der Waals surface area contributed by atoms with Crippen molar-refractivity contribution in [1.82, 2.24) is 10.2 Å². The van der Waals surface area contributed by atoms with E-state index in [1.807, 2.05) is 6.07 Å². The number of furan rings is 1. The van der Waals surface area contributed by atoms with Crippen molar-refractivity contribution in [3.05, 3.63) is 60.1 Å². The Balaban J connectivity index is 1.69. The Morgan fingerprint density at radius 3 is 2.50 bits per heavy atom. The van der Waals surface area contributed by atoms with E-state index in [0.717, 1.165) is 5.76 Å². The first-order chi connectivity index (χ1) is 12.5. The Morgan fingerprint density at radius 2 is 1.88 bits per heavy atom. The van der Waals surface area contributed by atoms with E-state index in [1.165, 1.54) is 19.2 Å². The minimum absolute atomic E-state index is 0.128. The number of anilines is 2. The Labute approximate surface area is 151 Å². The summed E-state index contributed by atoms with van der Waals surface area (Å²) < 4.78 is 37.8. The van der Waals surface area contributed by atoms with Crippen molar-refractivity contribution >= 4 is 21.7 Å². The van der Waals surface area contributed by atoms with Gasteiger partial charge in [-0.05, 0) is 55.0 Å². The summed E-state index contributed by atoms with van der Waals surface area (Å²) in [6, 6.07) is 11.5.